The molecule has 0 atom stereocenters. The quantitative estimate of drug-likeness (QED) is 0.857. The second-order valence-corrected chi connectivity index (χ2v) is 7.65. The standard InChI is InChI=1S/C18H23N3O2S/c1-23-14-7-6-8-15-16(14)19-18(24-15)21-11-13(12-21)17(22)20-9-4-2-3-5-10-20/h6-8,13H,2-5,9-12H2,1H3. The van der Waals surface area contributed by atoms with Crippen LogP contribution in [0.3, 0.4) is 0 Å². The number of thiazole rings is 1. The van der Waals surface area contributed by atoms with Crippen LogP contribution in [0, 0.1) is 5.92 Å². The Morgan fingerprint density at radius 1 is 1.21 bits per heavy atom. The fourth-order valence-electron chi connectivity index (χ4n) is 3.55. The van der Waals surface area contributed by atoms with Crippen LogP contribution in [0.4, 0.5) is 5.13 Å². The van der Waals surface area contributed by atoms with Gasteiger partial charge in [-0.2, -0.15) is 0 Å². The summed E-state index contributed by atoms with van der Waals surface area (Å²) in [6.45, 7) is 3.45. The number of methoxy groups -OCH3 is 1. The number of benzene rings is 1. The highest BCUT2D eigenvalue weighted by molar-refractivity contribution is 7.22. The lowest BCUT2D eigenvalue weighted by Gasteiger charge is -2.40. The zero-order chi connectivity index (χ0) is 16.5. The van der Waals surface area contributed by atoms with Gasteiger partial charge in [-0.1, -0.05) is 30.2 Å². The molecular formula is C18H23N3O2S. The molecule has 2 saturated heterocycles. The van der Waals surface area contributed by atoms with Crippen LogP contribution >= 0.6 is 11.3 Å². The maximum atomic E-state index is 12.6. The summed E-state index contributed by atoms with van der Waals surface area (Å²) < 4.78 is 6.52. The summed E-state index contributed by atoms with van der Waals surface area (Å²) in [6.07, 6.45) is 4.82. The Morgan fingerprint density at radius 3 is 2.67 bits per heavy atom. The third-order valence-electron chi connectivity index (χ3n) is 5.01. The minimum atomic E-state index is 0.136. The highest BCUT2D eigenvalue weighted by Crippen LogP contribution is 2.36. The number of para-hydroxylation sites is 1. The number of carbonyl (C=O) groups is 1. The van der Waals surface area contributed by atoms with Crippen molar-refractivity contribution in [1.29, 1.82) is 0 Å². The predicted molar refractivity (Wildman–Crippen MR) is 96.9 cm³/mol. The molecule has 1 aromatic heterocycles. The molecule has 0 saturated carbocycles. The first-order chi connectivity index (χ1) is 11.8. The second-order valence-electron chi connectivity index (χ2n) is 6.64. The summed E-state index contributed by atoms with van der Waals surface area (Å²) in [6, 6.07) is 6.00. The number of carbonyl (C=O) groups excluding carboxylic acids is 1. The molecule has 5 nitrogen and oxygen atoms in total. The van der Waals surface area contributed by atoms with E-state index in [9.17, 15) is 4.79 Å². The summed E-state index contributed by atoms with van der Waals surface area (Å²) in [4.78, 5) is 21.7. The lowest BCUT2D eigenvalue weighted by atomic mass is 9.99. The van der Waals surface area contributed by atoms with E-state index in [0.29, 0.717) is 5.91 Å². The number of nitrogens with zero attached hydrogens (tertiary/aromatic N) is 3. The minimum Gasteiger partial charge on any atom is -0.494 e. The lowest BCUT2D eigenvalue weighted by molar-refractivity contribution is -0.136. The van der Waals surface area contributed by atoms with E-state index in [2.05, 4.69) is 15.9 Å². The van der Waals surface area contributed by atoms with Gasteiger partial charge < -0.3 is 14.5 Å². The number of fused-ring (bicyclic) bond motifs is 1. The average Bonchev–Trinajstić information content (AvgIpc) is 2.79. The van der Waals surface area contributed by atoms with Crippen LogP contribution in [0.15, 0.2) is 18.2 Å². The zero-order valence-electron chi connectivity index (χ0n) is 14.0. The number of rotatable bonds is 3. The van der Waals surface area contributed by atoms with Crippen LogP contribution in [0.5, 0.6) is 5.75 Å². The Bertz CT molecular complexity index is 731. The van der Waals surface area contributed by atoms with E-state index < -0.39 is 0 Å². The normalized spacial score (nSPS) is 19.2. The van der Waals surface area contributed by atoms with Gasteiger partial charge in [0.1, 0.15) is 11.3 Å². The average molecular weight is 345 g/mol. The summed E-state index contributed by atoms with van der Waals surface area (Å²) in [5.74, 6) is 1.29. The van der Waals surface area contributed by atoms with Crippen LogP contribution in [0.1, 0.15) is 25.7 Å². The van der Waals surface area contributed by atoms with Crippen molar-refractivity contribution in [2.45, 2.75) is 25.7 Å². The van der Waals surface area contributed by atoms with Gasteiger partial charge in [0.15, 0.2) is 5.13 Å². The molecule has 2 aromatic rings. The van der Waals surface area contributed by atoms with Gasteiger partial charge in [-0.3, -0.25) is 4.79 Å². The van der Waals surface area contributed by atoms with Crippen molar-refractivity contribution in [3.8, 4) is 5.75 Å². The Hall–Kier alpha value is -1.82. The first-order valence-electron chi connectivity index (χ1n) is 8.73. The number of amides is 1. The SMILES string of the molecule is COc1cccc2sc(N3CC(C(=O)N4CCCCCC4)C3)nc12. The molecule has 0 unspecified atom stereocenters. The molecular weight excluding hydrogens is 322 g/mol. The molecule has 0 N–H and O–H groups in total. The smallest absolute Gasteiger partial charge is 0.229 e. The summed E-state index contributed by atoms with van der Waals surface area (Å²) >= 11 is 1.67. The van der Waals surface area contributed by atoms with Crippen LogP contribution < -0.4 is 9.64 Å². The molecule has 2 fully saturated rings. The van der Waals surface area contributed by atoms with Crippen LogP contribution in [-0.2, 0) is 4.79 Å². The van der Waals surface area contributed by atoms with E-state index in [1.807, 2.05) is 12.1 Å². The van der Waals surface area contributed by atoms with E-state index in [4.69, 9.17) is 9.72 Å². The molecule has 0 radical (unpaired) electrons. The van der Waals surface area contributed by atoms with E-state index in [0.717, 1.165) is 60.1 Å². The molecule has 0 bridgehead atoms. The van der Waals surface area contributed by atoms with E-state index in [1.54, 1.807) is 18.4 Å². The van der Waals surface area contributed by atoms with E-state index in [-0.39, 0.29) is 5.92 Å². The molecule has 3 heterocycles. The van der Waals surface area contributed by atoms with Crippen molar-refractivity contribution in [1.82, 2.24) is 9.88 Å². The number of hydrogen-bond donors (Lipinski definition) is 0. The minimum absolute atomic E-state index is 0.136. The lowest BCUT2D eigenvalue weighted by Crippen LogP contribution is -2.54. The number of likely N-dealkylation sites (tertiary alicyclic amines) is 1. The maximum Gasteiger partial charge on any atom is 0.229 e. The van der Waals surface area contributed by atoms with Crippen molar-refractivity contribution in [2.24, 2.45) is 5.92 Å². The van der Waals surface area contributed by atoms with Crippen molar-refractivity contribution in [3.05, 3.63) is 18.2 Å². The Labute approximate surface area is 146 Å². The summed E-state index contributed by atoms with van der Waals surface area (Å²) in [5.41, 5.74) is 0.919. The first kappa shape index (κ1) is 15.7. The number of anilines is 1. The van der Waals surface area contributed by atoms with Crippen LogP contribution in [-0.4, -0.2) is 49.1 Å². The van der Waals surface area contributed by atoms with Crippen LogP contribution in [0.25, 0.3) is 10.2 Å². The Kier molecular flexibility index (Phi) is 4.31. The molecule has 1 aromatic carbocycles. The molecule has 2 aliphatic rings. The predicted octanol–water partition coefficient (Wildman–Crippen LogP) is 3.14. The second kappa shape index (κ2) is 6.59. The van der Waals surface area contributed by atoms with E-state index >= 15 is 0 Å². The van der Waals surface area contributed by atoms with Gasteiger partial charge >= 0.3 is 0 Å². The van der Waals surface area contributed by atoms with Gasteiger partial charge in [0.25, 0.3) is 0 Å². The van der Waals surface area contributed by atoms with Gasteiger partial charge in [-0.05, 0) is 25.0 Å². The van der Waals surface area contributed by atoms with Crippen molar-refractivity contribution in [3.63, 3.8) is 0 Å². The largest absolute Gasteiger partial charge is 0.494 e. The Morgan fingerprint density at radius 2 is 1.96 bits per heavy atom. The van der Waals surface area contributed by atoms with Crippen molar-refractivity contribution >= 4 is 32.6 Å². The zero-order valence-corrected chi connectivity index (χ0v) is 14.8. The van der Waals surface area contributed by atoms with Gasteiger partial charge in [0.2, 0.25) is 5.91 Å². The fraction of sp³-hybridized carbons (Fsp3) is 0.556. The third kappa shape index (κ3) is 2.83. The topological polar surface area (TPSA) is 45.7 Å². The highest BCUT2D eigenvalue weighted by Gasteiger charge is 2.37. The number of aromatic nitrogens is 1. The first-order valence-corrected chi connectivity index (χ1v) is 9.55. The molecule has 128 valence electrons. The maximum absolute atomic E-state index is 12.6. The Balaban J connectivity index is 1.42. The van der Waals surface area contributed by atoms with Gasteiger partial charge in [-0.15, -0.1) is 0 Å². The molecule has 24 heavy (non-hydrogen) atoms. The number of hydrogen-bond acceptors (Lipinski definition) is 5. The molecule has 2 aliphatic heterocycles. The van der Waals surface area contributed by atoms with Gasteiger partial charge in [0.05, 0.1) is 17.7 Å². The summed E-state index contributed by atoms with van der Waals surface area (Å²) in [5, 5.41) is 0.995. The third-order valence-corrected chi connectivity index (χ3v) is 6.09. The number of ether oxygens (including phenoxy) is 1. The highest BCUT2D eigenvalue weighted by atomic mass is 32.1. The van der Waals surface area contributed by atoms with Gasteiger partial charge in [-0.25, -0.2) is 4.98 Å². The van der Waals surface area contributed by atoms with E-state index in [1.165, 1.54) is 12.8 Å². The van der Waals surface area contributed by atoms with Crippen molar-refractivity contribution in [2.75, 3.05) is 38.2 Å². The summed E-state index contributed by atoms with van der Waals surface area (Å²) in [7, 11) is 1.67. The monoisotopic (exact) mass is 345 g/mol. The fourth-order valence-corrected chi connectivity index (χ4v) is 4.55. The molecule has 0 spiro atoms. The molecule has 4 rings (SSSR count). The molecule has 0 aliphatic carbocycles. The van der Waals surface area contributed by atoms with Crippen molar-refractivity contribution < 1.29 is 9.53 Å². The molecule has 6 heteroatoms. The van der Waals surface area contributed by atoms with Gasteiger partial charge in [0, 0.05) is 26.2 Å². The molecule has 1 amide bonds. The van der Waals surface area contributed by atoms with Crippen LogP contribution in [0.2, 0.25) is 0 Å².